The minimum absolute atomic E-state index is 0.207. The van der Waals surface area contributed by atoms with Gasteiger partial charge in [-0.1, -0.05) is 17.7 Å². The standard InChI is InChI=1S/C18H13ClN4O/c19-12-4-1-3-11(9-12)18(24)21-13-6-7-14-16(10-13)23-17(22-14)15-5-2-8-20-15/h1-10,20H,(H,21,24)(H,22,23). The Labute approximate surface area is 142 Å². The third-order valence-electron chi connectivity index (χ3n) is 3.68. The number of aromatic nitrogens is 3. The summed E-state index contributed by atoms with van der Waals surface area (Å²) < 4.78 is 0. The van der Waals surface area contributed by atoms with Gasteiger partial charge in [-0.15, -0.1) is 0 Å². The first-order valence-corrected chi connectivity index (χ1v) is 7.77. The predicted molar refractivity (Wildman–Crippen MR) is 95.3 cm³/mol. The maximum atomic E-state index is 12.3. The molecule has 4 rings (SSSR count). The Balaban J connectivity index is 1.62. The molecule has 0 unspecified atom stereocenters. The molecule has 5 nitrogen and oxygen atoms in total. The molecule has 0 atom stereocenters. The fraction of sp³-hybridized carbons (Fsp3) is 0. The third kappa shape index (κ3) is 2.77. The van der Waals surface area contributed by atoms with E-state index in [0.29, 0.717) is 16.3 Å². The summed E-state index contributed by atoms with van der Waals surface area (Å²) in [4.78, 5) is 23.2. The summed E-state index contributed by atoms with van der Waals surface area (Å²) in [5.74, 6) is 0.550. The Morgan fingerprint density at radius 1 is 1.08 bits per heavy atom. The molecule has 0 saturated carbocycles. The Morgan fingerprint density at radius 3 is 2.79 bits per heavy atom. The number of amides is 1. The highest BCUT2D eigenvalue weighted by Gasteiger charge is 2.09. The summed E-state index contributed by atoms with van der Waals surface area (Å²) in [5.41, 5.74) is 3.80. The molecule has 0 spiro atoms. The summed E-state index contributed by atoms with van der Waals surface area (Å²) in [7, 11) is 0. The van der Waals surface area contributed by atoms with Gasteiger partial charge in [-0.25, -0.2) is 4.98 Å². The number of nitrogens with one attached hydrogen (secondary N) is 3. The molecule has 2 aromatic heterocycles. The van der Waals surface area contributed by atoms with E-state index in [0.717, 1.165) is 22.6 Å². The van der Waals surface area contributed by atoms with Crippen LogP contribution in [0.15, 0.2) is 60.8 Å². The van der Waals surface area contributed by atoms with E-state index in [1.54, 1.807) is 24.3 Å². The number of fused-ring (bicyclic) bond motifs is 1. The van der Waals surface area contributed by atoms with Crippen LogP contribution in [-0.2, 0) is 0 Å². The SMILES string of the molecule is O=C(Nc1ccc2nc(-c3ccc[nH]3)[nH]c2c1)c1cccc(Cl)c1. The van der Waals surface area contributed by atoms with Gasteiger partial charge >= 0.3 is 0 Å². The fourth-order valence-electron chi connectivity index (χ4n) is 2.53. The van der Waals surface area contributed by atoms with Gasteiger partial charge in [0.15, 0.2) is 5.82 Å². The van der Waals surface area contributed by atoms with Crippen molar-refractivity contribution in [1.82, 2.24) is 15.0 Å². The number of aromatic amines is 2. The van der Waals surface area contributed by atoms with Crippen molar-refractivity contribution < 1.29 is 4.79 Å². The lowest BCUT2D eigenvalue weighted by atomic mass is 10.2. The number of halogens is 1. The summed E-state index contributed by atoms with van der Waals surface area (Å²) in [6, 6.07) is 16.2. The highest BCUT2D eigenvalue weighted by Crippen LogP contribution is 2.22. The van der Waals surface area contributed by atoms with Crippen LogP contribution in [0, 0.1) is 0 Å². The van der Waals surface area contributed by atoms with Crippen molar-refractivity contribution in [3.63, 3.8) is 0 Å². The van der Waals surface area contributed by atoms with Crippen LogP contribution in [0.25, 0.3) is 22.6 Å². The van der Waals surface area contributed by atoms with Gasteiger partial charge < -0.3 is 15.3 Å². The lowest BCUT2D eigenvalue weighted by Crippen LogP contribution is -2.11. The zero-order valence-corrected chi connectivity index (χ0v) is 13.3. The van der Waals surface area contributed by atoms with Crippen LogP contribution in [0.2, 0.25) is 5.02 Å². The Hall–Kier alpha value is -3.05. The van der Waals surface area contributed by atoms with E-state index < -0.39 is 0 Å². The second-order valence-electron chi connectivity index (χ2n) is 5.37. The quantitative estimate of drug-likeness (QED) is 0.516. The van der Waals surface area contributed by atoms with E-state index in [1.807, 2.05) is 36.5 Å². The van der Waals surface area contributed by atoms with E-state index in [2.05, 4.69) is 20.3 Å². The van der Waals surface area contributed by atoms with Crippen LogP contribution < -0.4 is 5.32 Å². The average molecular weight is 337 g/mol. The van der Waals surface area contributed by atoms with Gasteiger partial charge in [-0.2, -0.15) is 0 Å². The van der Waals surface area contributed by atoms with E-state index >= 15 is 0 Å². The maximum absolute atomic E-state index is 12.3. The number of benzene rings is 2. The van der Waals surface area contributed by atoms with Gasteiger partial charge in [0.2, 0.25) is 0 Å². The van der Waals surface area contributed by atoms with Gasteiger partial charge in [0.05, 0.1) is 16.7 Å². The molecule has 2 aromatic carbocycles. The second kappa shape index (κ2) is 5.86. The number of hydrogen-bond acceptors (Lipinski definition) is 2. The van der Waals surface area contributed by atoms with Gasteiger partial charge in [-0.05, 0) is 48.5 Å². The zero-order chi connectivity index (χ0) is 16.5. The van der Waals surface area contributed by atoms with Crippen molar-refractivity contribution in [2.45, 2.75) is 0 Å². The third-order valence-corrected chi connectivity index (χ3v) is 3.91. The molecule has 0 aliphatic carbocycles. The molecule has 0 saturated heterocycles. The summed E-state index contributed by atoms with van der Waals surface area (Å²) in [5, 5.41) is 3.40. The molecule has 1 amide bonds. The molecular weight excluding hydrogens is 324 g/mol. The van der Waals surface area contributed by atoms with Crippen LogP contribution >= 0.6 is 11.6 Å². The Bertz CT molecular complexity index is 1020. The van der Waals surface area contributed by atoms with Crippen molar-refractivity contribution in [2.75, 3.05) is 5.32 Å². The number of carbonyl (C=O) groups is 1. The van der Waals surface area contributed by atoms with Gasteiger partial charge in [0.1, 0.15) is 0 Å². The van der Waals surface area contributed by atoms with Crippen LogP contribution in [0.1, 0.15) is 10.4 Å². The molecule has 0 aliphatic heterocycles. The van der Waals surface area contributed by atoms with Crippen LogP contribution in [-0.4, -0.2) is 20.9 Å². The van der Waals surface area contributed by atoms with Crippen LogP contribution in [0.4, 0.5) is 5.69 Å². The van der Waals surface area contributed by atoms with Crippen LogP contribution in [0.5, 0.6) is 0 Å². The van der Waals surface area contributed by atoms with Crippen molar-refractivity contribution in [2.24, 2.45) is 0 Å². The molecule has 6 heteroatoms. The lowest BCUT2D eigenvalue weighted by Gasteiger charge is -2.05. The first-order chi connectivity index (χ1) is 11.7. The molecule has 0 radical (unpaired) electrons. The number of hydrogen-bond donors (Lipinski definition) is 3. The minimum Gasteiger partial charge on any atom is -0.359 e. The molecule has 118 valence electrons. The first kappa shape index (κ1) is 14.5. The monoisotopic (exact) mass is 336 g/mol. The van der Waals surface area contributed by atoms with Gasteiger partial charge in [0, 0.05) is 22.5 Å². The molecule has 4 aromatic rings. The first-order valence-electron chi connectivity index (χ1n) is 7.39. The summed E-state index contributed by atoms with van der Waals surface area (Å²) in [6.45, 7) is 0. The molecule has 0 fully saturated rings. The molecule has 0 bridgehead atoms. The van der Waals surface area contributed by atoms with E-state index in [4.69, 9.17) is 11.6 Å². The van der Waals surface area contributed by atoms with Crippen molar-refractivity contribution in [3.05, 3.63) is 71.4 Å². The topological polar surface area (TPSA) is 73.6 Å². The molecule has 0 aliphatic rings. The zero-order valence-electron chi connectivity index (χ0n) is 12.5. The smallest absolute Gasteiger partial charge is 0.255 e. The van der Waals surface area contributed by atoms with E-state index in [-0.39, 0.29) is 5.91 Å². The Kier molecular flexibility index (Phi) is 3.55. The molecule has 2 heterocycles. The van der Waals surface area contributed by atoms with Crippen LogP contribution in [0.3, 0.4) is 0 Å². The molecule has 24 heavy (non-hydrogen) atoms. The second-order valence-corrected chi connectivity index (χ2v) is 5.80. The number of carbonyl (C=O) groups excluding carboxylic acids is 1. The highest BCUT2D eigenvalue weighted by atomic mass is 35.5. The van der Waals surface area contributed by atoms with Crippen molar-refractivity contribution in [3.8, 4) is 11.5 Å². The molecular formula is C18H13ClN4O. The summed E-state index contributed by atoms with van der Waals surface area (Å²) in [6.07, 6.45) is 1.85. The maximum Gasteiger partial charge on any atom is 0.255 e. The number of anilines is 1. The largest absolute Gasteiger partial charge is 0.359 e. The fourth-order valence-corrected chi connectivity index (χ4v) is 2.72. The van der Waals surface area contributed by atoms with Gasteiger partial charge in [0.25, 0.3) is 5.91 Å². The number of H-pyrrole nitrogens is 2. The summed E-state index contributed by atoms with van der Waals surface area (Å²) >= 11 is 5.93. The minimum atomic E-state index is -0.207. The molecule has 3 N–H and O–H groups in total. The number of imidazole rings is 1. The normalized spacial score (nSPS) is 10.9. The number of rotatable bonds is 3. The van der Waals surface area contributed by atoms with E-state index in [1.165, 1.54) is 0 Å². The average Bonchev–Trinajstić information content (AvgIpc) is 3.23. The van der Waals surface area contributed by atoms with Crippen molar-refractivity contribution >= 4 is 34.2 Å². The van der Waals surface area contributed by atoms with Gasteiger partial charge in [-0.3, -0.25) is 4.79 Å². The lowest BCUT2D eigenvalue weighted by molar-refractivity contribution is 0.102. The van der Waals surface area contributed by atoms with E-state index in [9.17, 15) is 4.79 Å². The predicted octanol–water partition coefficient (Wildman–Crippen LogP) is 4.46. The van der Waals surface area contributed by atoms with Crippen molar-refractivity contribution in [1.29, 1.82) is 0 Å². The number of nitrogens with zero attached hydrogens (tertiary/aromatic N) is 1. The Morgan fingerprint density at radius 2 is 2.00 bits per heavy atom. The highest BCUT2D eigenvalue weighted by molar-refractivity contribution is 6.31.